The van der Waals surface area contributed by atoms with Crippen molar-refractivity contribution in [1.82, 2.24) is 0 Å². The summed E-state index contributed by atoms with van der Waals surface area (Å²) in [5.74, 6) is 0.624. The average molecular weight is 711 g/mol. The fraction of sp³-hybridized carbons (Fsp3) is 0.647. The van der Waals surface area contributed by atoms with Gasteiger partial charge in [-0.3, -0.25) is 0 Å². The van der Waals surface area contributed by atoms with E-state index < -0.39 is 16.5 Å². The van der Waals surface area contributed by atoms with E-state index in [-0.39, 0.29) is 51.4 Å². The van der Waals surface area contributed by atoms with Crippen molar-refractivity contribution in [3.8, 4) is 11.5 Å². The van der Waals surface area contributed by atoms with E-state index >= 15 is 0 Å². The predicted molar refractivity (Wildman–Crippen MR) is 175 cm³/mol. The summed E-state index contributed by atoms with van der Waals surface area (Å²) in [6.07, 6.45) is 1.41. The van der Waals surface area contributed by atoms with Crippen LogP contribution in [-0.4, -0.2) is 10.2 Å². The van der Waals surface area contributed by atoms with Crippen molar-refractivity contribution in [3.63, 3.8) is 0 Å². The smallest absolute Gasteiger partial charge is 0.566 e. The van der Waals surface area contributed by atoms with Gasteiger partial charge in [0, 0.05) is 11.1 Å². The van der Waals surface area contributed by atoms with Crippen molar-refractivity contribution in [3.05, 3.63) is 56.6 Å². The Bertz CT molecular complexity index is 1240. The van der Waals surface area contributed by atoms with E-state index in [1.807, 2.05) is 109 Å². The second kappa shape index (κ2) is 16.6. The van der Waals surface area contributed by atoms with Gasteiger partial charge in [0.2, 0.25) is 0 Å². The topological polar surface area (TPSA) is 139 Å². The summed E-state index contributed by atoms with van der Waals surface area (Å²) in [5, 5.41) is 21.6. The first-order valence-electron chi connectivity index (χ1n) is 15.1. The molecule has 0 aliphatic carbocycles. The van der Waals surface area contributed by atoms with Crippen molar-refractivity contribution in [2.45, 2.75) is 145 Å². The summed E-state index contributed by atoms with van der Waals surface area (Å²) < 4.78 is 31.2. The van der Waals surface area contributed by atoms with Crippen LogP contribution in [0.15, 0.2) is 12.1 Å². The first-order valence-corrected chi connectivity index (χ1v) is 17.3. The quantitative estimate of drug-likeness (QED) is 0.207. The van der Waals surface area contributed by atoms with Crippen molar-refractivity contribution in [2.24, 2.45) is 0 Å². The maximum Gasteiger partial charge on any atom is 2.00 e. The van der Waals surface area contributed by atoms with Gasteiger partial charge in [-0.2, -0.15) is 0 Å². The first-order chi connectivity index (χ1) is 19.8. The molecular weight excluding hydrogens is 657 g/mol. The Balaban J connectivity index is 0.000000842. The Morgan fingerprint density at radius 1 is 0.600 bits per heavy atom. The van der Waals surface area contributed by atoms with E-state index in [1.165, 1.54) is 0 Å². The number of hydrogen-bond acceptors (Lipinski definition) is 8. The van der Waals surface area contributed by atoms with Crippen LogP contribution in [0.2, 0.25) is 0 Å². The van der Waals surface area contributed by atoms with E-state index in [0.717, 1.165) is 44.5 Å². The van der Waals surface area contributed by atoms with Crippen LogP contribution in [0.3, 0.4) is 0 Å². The molecule has 0 amide bonds. The van der Waals surface area contributed by atoms with Crippen molar-refractivity contribution < 1.29 is 54.7 Å². The van der Waals surface area contributed by atoms with Crippen LogP contribution in [0.1, 0.15) is 141 Å². The van der Waals surface area contributed by atoms with Crippen LogP contribution in [0, 0.1) is 0 Å². The van der Waals surface area contributed by atoms with E-state index in [2.05, 4.69) is 0 Å². The predicted octanol–water partition coefficient (Wildman–Crippen LogP) is 8.17. The van der Waals surface area contributed by atoms with Gasteiger partial charge >= 0.3 is 33.0 Å². The third kappa shape index (κ3) is 12.0. The number of aromatic hydroxyl groups is 2. The number of phenols is 2. The molecule has 0 spiro atoms. The number of hydrogen-bond donors (Lipinski definition) is 2. The molecule has 0 radical (unpaired) electrons. The molecule has 2 unspecified atom stereocenters. The van der Waals surface area contributed by atoms with Crippen molar-refractivity contribution >= 4 is 16.5 Å². The van der Waals surface area contributed by atoms with Crippen molar-refractivity contribution in [1.29, 1.82) is 0 Å². The van der Waals surface area contributed by atoms with Gasteiger partial charge in [0.25, 0.3) is 0 Å². The molecule has 2 rings (SSSR count). The summed E-state index contributed by atoms with van der Waals surface area (Å²) in [6.45, 7) is 28.5. The van der Waals surface area contributed by atoms with Crippen LogP contribution in [0.4, 0.5) is 0 Å². The average Bonchev–Trinajstić information content (AvgIpc) is 2.83. The summed E-state index contributed by atoms with van der Waals surface area (Å²) in [5.41, 5.74) is 5.99. The zero-order chi connectivity index (χ0) is 34.6. The molecule has 2 atom stereocenters. The molecule has 2 aromatic carbocycles. The second-order valence-corrected chi connectivity index (χ2v) is 16.7. The van der Waals surface area contributed by atoms with Crippen molar-refractivity contribution in [2.75, 3.05) is 0 Å². The molecule has 11 heteroatoms. The zero-order valence-electron chi connectivity index (χ0n) is 29.5. The van der Waals surface area contributed by atoms with E-state index in [1.54, 1.807) is 0 Å². The molecule has 8 nitrogen and oxygen atoms in total. The largest absolute Gasteiger partial charge is 2.00 e. The molecule has 0 saturated carbocycles. The fourth-order valence-electron chi connectivity index (χ4n) is 5.60. The monoisotopic (exact) mass is 710 g/mol. The minimum atomic E-state index is -2.89. The molecule has 0 aromatic heterocycles. The summed E-state index contributed by atoms with van der Waals surface area (Å²) >= 11 is 0. The van der Waals surface area contributed by atoms with Gasteiger partial charge in [-0.15, -0.1) is 9.05 Å². The molecule has 2 aromatic rings. The number of phenolic OH excluding ortho intramolecular Hbond substituents is 2. The van der Waals surface area contributed by atoms with Crippen LogP contribution in [-0.2, 0) is 82.4 Å². The molecule has 0 aliphatic rings. The van der Waals surface area contributed by atoms with Crippen LogP contribution < -0.4 is 9.79 Å². The summed E-state index contributed by atoms with van der Waals surface area (Å²) in [7, 11) is -5.77. The van der Waals surface area contributed by atoms with Crippen LogP contribution in [0.5, 0.6) is 11.5 Å². The van der Waals surface area contributed by atoms with Gasteiger partial charge in [-0.25, -0.2) is 0 Å². The molecule has 45 heavy (non-hydrogen) atoms. The molecule has 2 N–H and O–H groups in total. The third-order valence-corrected chi connectivity index (χ3v) is 8.15. The van der Waals surface area contributed by atoms with E-state index in [9.17, 15) is 29.1 Å². The Morgan fingerprint density at radius 3 is 1.04 bits per heavy atom. The Morgan fingerprint density at radius 2 is 0.867 bits per heavy atom. The van der Waals surface area contributed by atoms with Gasteiger partial charge in [0.15, 0.2) is 0 Å². The number of benzene rings is 2. The third-order valence-electron chi connectivity index (χ3n) is 7.47. The maximum atomic E-state index is 10.8. The summed E-state index contributed by atoms with van der Waals surface area (Å²) in [4.78, 5) is 21.5. The normalized spacial score (nSPS) is 13.1. The molecule has 0 bridgehead atoms. The maximum absolute atomic E-state index is 10.8. The van der Waals surface area contributed by atoms with Gasteiger partial charge in [0.1, 0.15) is 24.7 Å². The molecule has 256 valence electrons. The molecule has 0 fully saturated rings. The van der Waals surface area contributed by atoms with E-state index in [0.29, 0.717) is 24.3 Å². The van der Waals surface area contributed by atoms with Gasteiger partial charge in [-0.1, -0.05) is 96.9 Å². The first kappa shape index (κ1) is 43.6. The SMILES string of the molecule is CCc1c(CO[P+](=O)[O-])cc(C(C)(C)C)c(O)c1C(C)(C)C.CCc1c(CO[P+](=O)[O-])cc(C(C)(C)C)c(O)c1C(C)(C)C.[Ni+2]. The van der Waals surface area contributed by atoms with E-state index in [4.69, 9.17) is 9.05 Å². The van der Waals surface area contributed by atoms with Crippen LogP contribution in [0.25, 0.3) is 0 Å². The standard InChI is InChI=1S/2C17H27O4P.Ni/c2*1-8-12-11(10-21-22(19)20)9-13(16(2,3)4)15(18)14(12)17(5,6)7;/h2*9,18H,8,10H2,1-7H3;/q;;+2. The minimum absolute atomic E-state index is 0. The van der Waals surface area contributed by atoms with Gasteiger partial charge in [0.05, 0.1) is 0 Å². The minimum Gasteiger partial charge on any atom is -0.566 e. The Hall–Kier alpha value is -1.43. The fourth-order valence-corrected chi connectivity index (χ4v) is 6.09. The molecular formula is C34H54NiO8P2+2. The van der Waals surface area contributed by atoms with Gasteiger partial charge in [-0.05, 0) is 89.1 Å². The van der Waals surface area contributed by atoms with Crippen LogP contribution >= 0.6 is 16.5 Å². The summed E-state index contributed by atoms with van der Waals surface area (Å²) in [6, 6.07) is 3.75. The Labute approximate surface area is 283 Å². The van der Waals surface area contributed by atoms with Gasteiger partial charge < -0.3 is 20.0 Å². The molecule has 0 aliphatic heterocycles. The second-order valence-electron chi connectivity index (χ2n) is 15.3. The molecule has 0 saturated heterocycles. The number of rotatable bonds is 8. The zero-order valence-corrected chi connectivity index (χ0v) is 32.3. The molecule has 0 heterocycles. The Kier molecular flexibility index (Phi) is 16.1.